The molecule has 0 aromatic heterocycles. The summed E-state index contributed by atoms with van der Waals surface area (Å²) in [6.07, 6.45) is 0. The van der Waals surface area contributed by atoms with E-state index in [0.29, 0.717) is 6.54 Å². The van der Waals surface area contributed by atoms with E-state index in [1.165, 1.54) is 0 Å². The monoisotopic (exact) mass is 145 g/mol. The lowest BCUT2D eigenvalue weighted by Crippen LogP contribution is -2.06. The molecule has 0 aliphatic heterocycles. The molecule has 0 unspecified atom stereocenters. The molecule has 0 aromatic rings. The predicted molar refractivity (Wildman–Crippen MR) is 38.1 cm³/mol. The van der Waals surface area contributed by atoms with Gasteiger partial charge in [-0.1, -0.05) is 0 Å². The molecule has 0 heterocycles. The Hall–Kier alpha value is 0.950. The molecule has 6 heavy (non-hydrogen) atoms. The second-order valence-electron chi connectivity index (χ2n) is 0.716. The van der Waals surface area contributed by atoms with Gasteiger partial charge in [-0.05, 0) is 0 Å². The minimum absolute atomic E-state index is 0. The van der Waals surface area contributed by atoms with Crippen LogP contribution in [0.4, 0.5) is 0 Å². The molecule has 0 saturated heterocycles. The van der Waals surface area contributed by atoms with Gasteiger partial charge in [-0.15, -0.1) is 12.4 Å². The summed E-state index contributed by atoms with van der Waals surface area (Å²) in [6, 6.07) is 0. The molecular formula is C2H8ClNS2. The number of thiol groups is 2. The minimum atomic E-state index is 0. The van der Waals surface area contributed by atoms with Crippen LogP contribution in [0.15, 0.2) is 0 Å². The van der Waals surface area contributed by atoms with Gasteiger partial charge in [0.05, 0.1) is 4.58 Å². The van der Waals surface area contributed by atoms with E-state index in [2.05, 4.69) is 25.3 Å². The van der Waals surface area contributed by atoms with Crippen molar-refractivity contribution in [3.05, 3.63) is 0 Å². The summed E-state index contributed by atoms with van der Waals surface area (Å²) in [5.74, 6) is 0. The number of hydrogen-bond donors (Lipinski definition) is 3. The largest absolute Gasteiger partial charge is 0.329 e. The molecule has 0 aromatic carbocycles. The first-order chi connectivity index (χ1) is 2.27. The van der Waals surface area contributed by atoms with Crippen LogP contribution in [0.1, 0.15) is 0 Å². The highest BCUT2D eigenvalue weighted by atomic mass is 35.5. The fourth-order valence-electron chi connectivity index (χ4n) is 0. The van der Waals surface area contributed by atoms with E-state index >= 15 is 0 Å². The molecule has 0 saturated carbocycles. The Labute approximate surface area is 54.9 Å². The minimum Gasteiger partial charge on any atom is -0.329 e. The number of hydrogen-bond acceptors (Lipinski definition) is 3. The Balaban J connectivity index is 0. The van der Waals surface area contributed by atoms with Gasteiger partial charge in [0, 0.05) is 6.54 Å². The van der Waals surface area contributed by atoms with Crippen LogP contribution in [0, 0.1) is 0 Å². The van der Waals surface area contributed by atoms with Crippen LogP contribution in [0.3, 0.4) is 0 Å². The van der Waals surface area contributed by atoms with Crippen LogP contribution in [-0.4, -0.2) is 11.1 Å². The van der Waals surface area contributed by atoms with E-state index in [1.54, 1.807) is 0 Å². The van der Waals surface area contributed by atoms with Gasteiger partial charge in [-0.2, -0.15) is 25.3 Å². The standard InChI is InChI=1S/C2H7NS2.ClH/c3-1-2(4)5;/h2,4-5H,1,3H2;1H. The van der Waals surface area contributed by atoms with Gasteiger partial charge in [-0.3, -0.25) is 0 Å². The smallest absolute Gasteiger partial charge is 0.0564 e. The zero-order valence-electron chi connectivity index (χ0n) is 3.16. The molecule has 2 N–H and O–H groups in total. The first-order valence-corrected chi connectivity index (χ1v) is 2.37. The zero-order valence-corrected chi connectivity index (χ0v) is 5.77. The highest BCUT2D eigenvalue weighted by molar-refractivity contribution is 7.99. The van der Waals surface area contributed by atoms with Crippen molar-refractivity contribution in [2.24, 2.45) is 5.73 Å². The molecule has 0 bridgehead atoms. The lowest BCUT2D eigenvalue weighted by atomic mass is 10.8. The predicted octanol–water partition coefficient (Wildman–Crippen LogP) is 0.553. The summed E-state index contributed by atoms with van der Waals surface area (Å²) in [5, 5.41) is 0. The number of halogens is 1. The third-order valence-corrected chi connectivity index (χ3v) is 0.632. The van der Waals surface area contributed by atoms with Crippen LogP contribution in [0.25, 0.3) is 0 Å². The van der Waals surface area contributed by atoms with Gasteiger partial charge in [0.1, 0.15) is 0 Å². The van der Waals surface area contributed by atoms with Gasteiger partial charge in [0.25, 0.3) is 0 Å². The molecule has 0 spiro atoms. The Morgan fingerprint density at radius 3 is 1.67 bits per heavy atom. The van der Waals surface area contributed by atoms with Gasteiger partial charge in [-0.25, -0.2) is 0 Å². The van der Waals surface area contributed by atoms with Crippen molar-refractivity contribution in [3.63, 3.8) is 0 Å². The topological polar surface area (TPSA) is 26.0 Å². The lowest BCUT2D eigenvalue weighted by Gasteiger charge is -1.89. The maximum Gasteiger partial charge on any atom is 0.0564 e. The van der Waals surface area contributed by atoms with E-state index in [-0.39, 0.29) is 17.0 Å². The maximum atomic E-state index is 5.02. The van der Waals surface area contributed by atoms with E-state index in [1.807, 2.05) is 0 Å². The Morgan fingerprint density at radius 2 is 1.67 bits per heavy atom. The average molecular weight is 146 g/mol. The third kappa shape index (κ3) is 8.87. The summed E-state index contributed by atoms with van der Waals surface area (Å²) in [5.41, 5.74) is 5.02. The molecule has 1 nitrogen and oxygen atoms in total. The molecule has 0 radical (unpaired) electrons. The van der Waals surface area contributed by atoms with Crippen molar-refractivity contribution in [2.45, 2.75) is 4.58 Å². The first kappa shape index (κ1) is 10.0. The second kappa shape index (κ2) is 5.95. The average Bonchev–Trinajstić information content (AvgIpc) is 1.38. The Kier molecular flexibility index (Phi) is 9.96. The SMILES string of the molecule is Cl.NCC(S)S. The maximum absolute atomic E-state index is 5.02. The normalized spacial score (nSPS) is 8.00. The van der Waals surface area contributed by atoms with Crippen molar-refractivity contribution in [1.82, 2.24) is 0 Å². The van der Waals surface area contributed by atoms with Gasteiger partial charge in [0.2, 0.25) is 0 Å². The van der Waals surface area contributed by atoms with Crippen LogP contribution >= 0.6 is 37.7 Å². The fourth-order valence-corrected chi connectivity index (χ4v) is 0. The third-order valence-electron chi connectivity index (χ3n) is 0.211. The van der Waals surface area contributed by atoms with Crippen LogP contribution in [0.2, 0.25) is 0 Å². The quantitative estimate of drug-likeness (QED) is 0.365. The lowest BCUT2D eigenvalue weighted by molar-refractivity contribution is 1.12. The van der Waals surface area contributed by atoms with Crippen molar-refractivity contribution in [3.8, 4) is 0 Å². The van der Waals surface area contributed by atoms with E-state index < -0.39 is 0 Å². The van der Waals surface area contributed by atoms with Crippen LogP contribution in [0.5, 0.6) is 0 Å². The van der Waals surface area contributed by atoms with E-state index in [4.69, 9.17) is 5.73 Å². The Morgan fingerprint density at radius 1 is 1.50 bits per heavy atom. The molecule has 0 rings (SSSR count). The molecule has 0 fully saturated rings. The van der Waals surface area contributed by atoms with E-state index in [0.717, 1.165) is 0 Å². The van der Waals surface area contributed by atoms with Gasteiger partial charge >= 0.3 is 0 Å². The highest BCUT2D eigenvalue weighted by Crippen LogP contribution is 1.92. The van der Waals surface area contributed by atoms with Crippen molar-refractivity contribution >= 4 is 37.7 Å². The van der Waals surface area contributed by atoms with Crippen LogP contribution in [-0.2, 0) is 0 Å². The molecule has 0 aliphatic carbocycles. The fraction of sp³-hybridized carbons (Fsp3) is 1.00. The number of rotatable bonds is 1. The first-order valence-electron chi connectivity index (χ1n) is 1.33. The summed E-state index contributed by atoms with van der Waals surface area (Å²) >= 11 is 7.67. The summed E-state index contributed by atoms with van der Waals surface area (Å²) in [7, 11) is 0. The Bertz CT molecular complexity index is 25.5. The molecule has 0 atom stereocenters. The van der Waals surface area contributed by atoms with Crippen molar-refractivity contribution in [2.75, 3.05) is 6.54 Å². The van der Waals surface area contributed by atoms with Gasteiger partial charge < -0.3 is 5.73 Å². The number of nitrogens with two attached hydrogens (primary N) is 1. The van der Waals surface area contributed by atoms with Crippen LogP contribution < -0.4 is 5.73 Å². The summed E-state index contributed by atoms with van der Waals surface area (Å²) in [6.45, 7) is 0.534. The second-order valence-corrected chi connectivity index (χ2v) is 2.37. The van der Waals surface area contributed by atoms with Gasteiger partial charge in [0.15, 0.2) is 0 Å². The molecular weight excluding hydrogens is 138 g/mol. The highest BCUT2D eigenvalue weighted by Gasteiger charge is 1.82. The summed E-state index contributed by atoms with van der Waals surface area (Å²) in [4.78, 5) is 0. The van der Waals surface area contributed by atoms with Crippen molar-refractivity contribution in [1.29, 1.82) is 0 Å². The van der Waals surface area contributed by atoms with Crippen molar-refractivity contribution < 1.29 is 0 Å². The zero-order chi connectivity index (χ0) is 4.28. The molecule has 40 valence electrons. The van der Waals surface area contributed by atoms with E-state index in [9.17, 15) is 0 Å². The molecule has 4 heteroatoms. The summed E-state index contributed by atoms with van der Waals surface area (Å²) < 4.78 is 0.0509. The molecule has 0 aliphatic rings. The molecule has 0 amide bonds.